The van der Waals surface area contributed by atoms with Crippen molar-refractivity contribution in [2.75, 3.05) is 0 Å². The smallest absolute Gasteiger partial charge is 0.261 e. The van der Waals surface area contributed by atoms with Gasteiger partial charge in [0.15, 0.2) is 5.82 Å². The first kappa shape index (κ1) is 19.7. The monoisotopic (exact) mass is 406 g/mol. The van der Waals surface area contributed by atoms with Crippen LogP contribution >= 0.6 is 11.3 Å². The van der Waals surface area contributed by atoms with Crippen LogP contribution in [0.25, 0.3) is 11.4 Å². The highest BCUT2D eigenvalue weighted by atomic mass is 32.1. The summed E-state index contributed by atoms with van der Waals surface area (Å²) in [6, 6.07) is 7.75. The first-order chi connectivity index (χ1) is 13.9. The van der Waals surface area contributed by atoms with Gasteiger partial charge >= 0.3 is 0 Å². The molecule has 1 aliphatic rings. The van der Waals surface area contributed by atoms with Gasteiger partial charge in [0.1, 0.15) is 0 Å². The molecule has 3 aromatic heterocycles. The van der Waals surface area contributed by atoms with E-state index in [1.807, 2.05) is 24.4 Å². The number of nitrogens with one attached hydrogen (secondary N) is 1. The van der Waals surface area contributed by atoms with E-state index >= 15 is 0 Å². The van der Waals surface area contributed by atoms with Crippen molar-refractivity contribution in [3.05, 3.63) is 63.9 Å². The molecule has 29 heavy (non-hydrogen) atoms. The fourth-order valence-corrected chi connectivity index (χ4v) is 4.94. The van der Waals surface area contributed by atoms with E-state index in [2.05, 4.69) is 42.1 Å². The van der Waals surface area contributed by atoms with Gasteiger partial charge in [-0.05, 0) is 48.9 Å². The minimum Gasteiger partial charge on any atom is -0.344 e. The van der Waals surface area contributed by atoms with Gasteiger partial charge in [0.05, 0.1) is 16.6 Å². The molecule has 0 spiro atoms. The van der Waals surface area contributed by atoms with Crippen molar-refractivity contribution in [3.8, 4) is 11.4 Å². The number of hydrogen-bond acceptors (Lipinski definition) is 5. The Morgan fingerprint density at radius 2 is 2.03 bits per heavy atom. The van der Waals surface area contributed by atoms with Crippen LogP contribution in [0.3, 0.4) is 0 Å². The third-order valence-electron chi connectivity index (χ3n) is 5.30. The molecule has 0 fully saturated rings. The summed E-state index contributed by atoms with van der Waals surface area (Å²) in [7, 11) is 0. The van der Waals surface area contributed by atoms with E-state index in [-0.39, 0.29) is 17.4 Å². The van der Waals surface area contributed by atoms with Crippen LogP contribution in [-0.2, 0) is 12.8 Å². The highest BCUT2D eigenvalue weighted by Gasteiger charge is 2.34. The highest BCUT2D eigenvalue weighted by Crippen LogP contribution is 2.40. The van der Waals surface area contributed by atoms with Crippen molar-refractivity contribution in [2.45, 2.75) is 52.5 Å². The second kappa shape index (κ2) is 8.03. The van der Waals surface area contributed by atoms with Crippen LogP contribution in [0.1, 0.15) is 65.5 Å². The lowest BCUT2D eigenvalue weighted by atomic mass is 9.74. The normalized spacial score (nSPS) is 17.6. The molecular formula is C23H26N4OS. The second-order valence-corrected chi connectivity index (χ2v) is 9.59. The number of thiophene rings is 1. The lowest BCUT2D eigenvalue weighted by molar-refractivity contribution is 0.0923. The number of rotatable bonds is 5. The lowest BCUT2D eigenvalue weighted by Crippen LogP contribution is -2.37. The van der Waals surface area contributed by atoms with E-state index in [9.17, 15) is 4.79 Å². The zero-order chi connectivity index (χ0) is 20.4. The molecule has 0 saturated heterocycles. The zero-order valence-corrected chi connectivity index (χ0v) is 17.9. The number of amides is 1. The molecule has 150 valence electrons. The number of aromatic nitrogens is 3. The number of carbonyl (C=O) groups excluding carboxylic acids is 1. The number of nitrogens with zero attached hydrogens (tertiary/aromatic N) is 3. The van der Waals surface area contributed by atoms with Gasteiger partial charge in [-0.3, -0.25) is 9.78 Å². The fourth-order valence-electron chi connectivity index (χ4n) is 3.93. The molecule has 1 amide bonds. The molecule has 3 aromatic rings. The predicted molar refractivity (Wildman–Crippen MR) is 116 cm³/mol. The molecule has 0 saturated carbocycles. The van der Waals surface area contributed by atoms with E-state index in [1.54, 1.807) is 23.7 Å². The Balaban J connectivity index is 1.60. The summed E-state index contributed by atoms with van der Waals surface area (Å²) in [4.78, 5) is 28.4. The van der Waals surface area contributed by atoms with Crippen molar-refractivity contribution >= 4 is 17.2 Å². The van der Waals surface area contributed by atoms with Crippen LogP contribution in [0.5, 0.6) is 0 Å². The molecule has 3 heterocycles. The average molecular weight is 407 g/mol. The van der Waals surface area contributed by atoms with Gasteiger partial charge in [0, 0.05) is 34.6 Å². The number of aryl methyl sites for hydroxylation is 1. The van der Waals surface area contributed by atoms with Crippen molar-refractivity contribution in [1.29, 1.82) is 0 Å². The summed E-state index contributed by atoms with van der Waals surface area (Å²) in [5, 5.41) is 3.24. The van der Waals surface area contributed by atoms with E-state index in [0.717, 1.165) is 47.4 Å². The summed E-state index contributed by atoms with van der Waals surface area (Å²) >= 11 is 1.59. The SMILES string of the molecule is CCCc1ccc(C(=O)N[C@H]2CC(C)(C)Cc3nc(-c4ccncc4)ncc32)s1. The van der Waals surface area contributed by atoms with Crippen LogP contribution in [0.2, 0.25) is 0 Å². The third kappa shape index (κ3) is 4.37. The summed E-state index contributed by atoms with van der Waals surface area (Å²) in [5.74, 6) is 0.695. The summed E-state index contributed by atoms with van der Waals surface area (Å²) in [6.45, 7) is 6.61. The van der Waals surface area contributed by atoms with Gasteiger partial charge < -0.3 is 5.32 Å². The molecule has 0 bridgehead atoms. The highest BCUT2D eigenvalue weighted by molar-refractivity contribution is 7.14. The molecule has 0 aromatic carbocycles. The van der Waals surface area contributed by atoms with Gasteiger partial charge in [-0.25, -0.2) is 9.97 Å². The molecule has 0 aliphatic heterocycles. The first-order valence-electron chi connectivity index (χ1n) is 10.1. The van der Waals surface area contributed by atoms with Crippen LogP contribution in [0.15, 0.2) is 42.9 Å². The Morgan fingerprint density at radius 1 is 1.24 bits per heavy atom. The Hall–Kier alpha value is -2.60. The van der Waals surface area contributed by atoms with E-state index in [1.165, 1.54) is 4.88 Å². The third-order valence-corrected chi connectivity index (χ3v) is 6.45. The second-order valence-electron chi connectivity index (χ2n) is 8.42. The minimum absolute atomic E-state index is 0.00999. The zero-order valence-electron chi connectivity index (χ0n) is 17.1. The van der Waals surface area contributed by atoms with Gasteiger partial charge in [0.2, 0.25) is 0 Å². The largest absolute Gasteiger partial charge is 0.344 e. The van der Waals surface area contributed by atoms with Crippen LogP contribution in [-0.4, -0.2) is 20.9 Å². The van der Waals surface area contributed by atoms with Gasteiger partial charge in [-0.1, -0.05) is 27.2 Å². The van der Waals surface area contributed by atoms with Crippen molar-refractivity contribution < 1.29 is 4.79 Å². The van der Waals surface area contributed by atoms with Crippen molar-refractivity contribution in [2.24, 2.45) is 5.41 Å². The van der Waals surface area contributed by atoms with Crippen LogP contribution in [0, 0.1) is 5.41 Å². The maximum Gasteiger partial charge on any atom is 0.261 e. The number of hydrogen-bond donors (Lipinski definition) is 1. The molecule has 5 nitrogen and oxygen atoms in total. The van der Waals surface area contributed by atoms with Crippen molar-refractivity contribution in [3.63, 3.8) is 0 Å². The van der Waals surface area contributed by atoms with Crippen LogP contribution in [0.4, 0.5) is 0 Å². The number of fused-ring (bicyclic) bond motifs is 1. The Kier molecular flexibility index (Phi) is 5.46. The quantitative estimate of drug-likeness (QED) is 0.648. The molecule has 4 rings (SSSR count). The van der Waals surface area contributed by atoms with E-state index in [4.69, 9.17) is 4.98 Å². The standard InChI is InChI=1S/C23H26N4OS/c1-4-5-16-6-7-20(29-16)22(28)27-19-13-23(2,3)12-18-17(19)14-25-21(26-18)15-8-10-24-11-9-15/h6-11,14,19H,4-5,12-13H2,1-3H3,(H,27,28)/t19-/m0/s1. The summed E-state index contributed by atoms with van der Waals surface area (Å²) in [6.07, 6.45) is 9.23. The maximum absolute atomic E-state index is 12.9. The molecule has 0 unspecified atom stereocenters. The Bertz CT molecular complexity index is 1010. The Labute approximate surface area is 175 Å². The van der Waals surface area contributed by atoms with E-state index in [0.29, 0.717) is 5.82 Å². The van der Waals surface area contributed by atoms with Crippen LogP contribution < -0.4 is 5.32 Å². The Morgan fingerprint density at radius 3 is 2.79 bits per heavy atom. The first-order valence-corrected chi connectivity index (χ1v) is 10.9. The fraction of sp³-hybridized carbons (Fsp3) is 0.391. The number of pyridine rings is 1. The van der Waals surface area contributed by atoms with Gasteiger partial charge in [-0.15, -0.1) is 11.3 Å². The van der Waals surface area contributed by atoms with Gasteiger partial charge in [0.25, 0.3) is 5.91 Å². The topological polar surface area (TPSA) is 67.8 Å². The molecule has 1 atom stereocenters. The summed E-state index contributed by atoms with van der Waals surface area (Å²) in [5.41, 5.74) is 3.05. The molecular weight excluding hydrogens is 380 g/mol. The molecule has 1 N–H and O–H groups in total. The molecule has 6 heteroatoms. The van der Waals surface area contributed by atoms with Crippen molar-refractivity contribution in [1.82, 2.24) is 20.3 Å². The number of carbonyl (C=O) groups is 1. The maximum atomic E-state index is 12.9. The average Bonchev–Trinajstić information content (AvgIpc) is 3.16. The molecule has 1 aliphatic carbocycles. The molecule has 0 radical (unpaired) electrons. The van der Waals surface area contributed by atoms with E-state index < -0.39 is 0 Å². The summed E-state index contributed by atoms with van der Waals surface area (Å²) < 4.78 is 0. The minimum atomic E-state index is -0.0792. The lowest BCUT2D eigenvalue weighted by Gasteiger charge is -2.36. The van der Waals surface area contributed by atoms with Gasteiger partial charge in [-0.2, -0.15) is 0 Å². The predicted octanol–water partition coefficient (Wildman–Crippen LogP) is 5.00.